The van der Waals surface area contributed by atoms with Gasteiger partial charge in [-0.15, -0.1) is 12.4 Å². The Morgan fingerprint density at radius 3 is 2.18 bits per heavy atom. The summed E-state index contributed by atoms with van der Waals surface area (Å²) in [6.07, 6.45) is 0.342. The molecule has 0 saturated heterocycles. The lowest BCUT2D eigenvalue weighted by Gasteiger charge is -2.23. The van der Waals surface area contributed by atoms with Crippen LogP contribution < -0.4 is 5.84 Å². The largest absolute Gasteiger partial charge is 0.452 e. The van der Waals surface area contributed by atoms with Crippen molar-refractivity contribution in [1.82, 2.24) is 5.01 Å². The maximum absolute atomic E-state index is 11.4. The molecule has 22 heavy (non-hydrogen) atoms. The van der Waals surface area contributed by atoms with Gasteiger partial charge in [-0.1, -0.05) is 54.6 Å². The number of hydrazine groups is 1. The van der Waals surface area contributed by atoms with E-state index < -0.39 is 6.09 Å². The zero-order valence-corrected chi connectivity index (χ0v) is 13.5. The van der Waals surface area contributed by atoms with E-state index in [1.165, 1.54) is 18.2 Å². The normalized spacial score (nSPS) is 11.2. The molecule has 1 atom stereocenters. The predicted molar refractivity (Wildman–Crippen MR) is 89.8 cm³/mol. The highest BCUT2D eigenvalue weighted by atomic mass is 35.5. The first-order valence-electron chi connectivity index (χ1n) is 6.86. The minimum atomic E-state index is -0.545. The molecule has 0 aliphatic heterocycles. The molecule has 118 valence electrons. The molecule has 1 amide bonds. The Labute approximate surface area is 137 Å². The highest BCUT2D eigenvalue weighted by Gasteiger charge is 2.18. The van der Waals surface area contributed by atoms with Gasteiger partial charge in [0, 0.05) is 0 Å². The number of ether oxygens (including phenoxy) is 1. The van der Waals surface area contributed by atoms with Crippen molar-refractivity contribution < 1.29 is 9.53 Å². The number of benzene rings is 2. The van der Waals surface area contributed by atoms with Crippen LogP contribution in [0.2, 0.25) is 0 Å². The third kappa shape index (κ3) is 4.48. The second-order valence-electron chi connectivity index (χ2n) is 4.96. The topological polar surface area (TPSA) is 55.6 Å². The van der Waals surface area contributed by atoms with Crippen molar-refractivity contribution in [3.8, 4) is 0 Å². The van der Waals surface area contributed by atoms with Crippen molar-refractivity contribution in [2.75, 3.05) is 7.11 Å². The molecule has 0 bridgehead atoms. The summed E-state index contributed by atoms with van der Waals surface area (Å²) < 4.78 is 4.62. The van der Waals surface area contributed by atoms with Crippen LogP contribution in [0, 0.1) is 0 Å². The molecule has 2 aromatic rings. The molecule has 0 radical (unpaired) electrons. The van der Waals surface area contributed by atoms with Gasteiger partial charge in [0.25, 0.3) is 0 Å². The molecule has 2 aromatic carbocycles. The molecule has 0 aliphatic rings. The van der Waals surface area contributed by atoms with Crippen LogP contribution in [-0.2, 0) is 11.2 Å². The van der Waals surface area contributed by atoms with Crippen LogP contribution in [0.5, 0.6) is 0 Å². The smallest absolute Gasteiger partial charge is 0.424 e. The highest BCUT2D eigenvalue weighted by molar-refractivity contribution is 5.85. The number of methoxy groups -OCH3 is 1. The number of halogens is 1. The standard InChI is InChI=1S/C17H20N2O2.ClH/c1-13(19(18)17(20)21-2)16-10-8-15(9-11-16)12-14-6-4-3-5-7-14;/h3-11,13H,12,18H2,1-2H3;1H. The third-order valence-electron chi connectivity index (χ3n) is 3.52. The minimum absolute atomic E-state index is 0. The molecule has 5 heteroatoms. The van der Waals surface area contributed by atoms with Crippen LogP contribution in [-0.4, -0.2) is 18.2 Å². The molecular weight excluding hydrogens is 300 g/mol. The highest BCUT2D eigenvalue weighted by Crippen LogP contribution is 2.19. The number of amides is 1. The molecule has 2 N–H and O–H groups in total. The van der Waals surface area contributed by atoms with Crippen LogP contribution in [0.1, 0.15) is 29.7 Å². The Kier molecular flexibility index (Phi) is 6.89. The van der Waals surface area contributed by atoms with Crippen molar-refractivity contribution in [3.63, 3.8) is 0 Å². The van der Waals surface area contributed by atoms with E-state index in [1.54, 1.807) is 0 Å². The van der Waals surface area contributed by atoms with E-state index >= 15 is 0 Å². The molecule has 0 spiro atoms. The number of hydrogen-bond donors (Lipinski definition) is 1. The number of nitrogens with zero attached hydrogens (tertiary/aromatic N) is 1. The average molecular weight is 321 g/mol. The van der Waals surface area contributed by atoms with Crippen LogP contribution in [0.15, 0.2) is 54.6 Å². The van der Waals surface area contributed by atoms with Gasteiger partial charge in [0.15, 0.2) is 0 Å². The van der Waals surface area contributed by atoms with Gasteiger partial charge in [-0.05, 0) is 30.0 Å². The summed E-state index contributed by atoms with van der Waals surface area (Å²) in [5, 5.41) is 1.09. The molecule has 2 rings (SSSR count). The van der Waals surface area contributed by atoms with E-state index in [2.05, 4.69) is 29.0 Å². The fourth-order valence-electron chi connectivity index (χ4n) is 2.17. The van der Waals surface area contributed by atoms with Crippen molar-refractivity contribution in [2.45, 2.75) is 19.4 Å². The van der Waals surface area contributed by atoms with Gasteiger partial charge in [-0.25, -0.2) is 15.6 Å². The fraction of sp³-hybridized carbons (Fsp3) is 0.235. The van der Waals surface area contributed by atoms with Crippen molar-refractivity contribution in [2.24, 2.45) is 5.84 Å². The summed E-state index contributed by atoms with van der Waals surface area (Å²) in [4.78, 5) is 11.4. The summed E-state index contributed by atoms with van der Waals surface area (Å²) in [5.41, 5.74) is 3.46. The number of rotatable bonds is 4. The zero-order valence-electron chi connectivity index (χ0n) is 12.7. The van der Waals surface area contributed by atoms with Gasteiger partial charge in [-0.3, -0.25) is 0 Å². The Hall–Kier alpha value is -2.04. The molecule has 1 unspecified atom stereocenters. The molecule has 0 saturated carbocycles. The first-order chi connectivity index (χ1) is 10.1. The molecule has 0 fully saturated rings. The van der Waals surface area contributed by atoms with Gasteiger partial charge in [-0.2, -0.15) is 0 Å². The predicted octanol–water partition coefficient (Wildman–Crippen LogP) is 3.70. The van der Waals surface area contributed by atoms with Crippen molar-refractivity contribution in [3.05, 3.63) is 71.3 Å². The molecule has 0 aromatic heterocycles. The third-order valence-corrected chi connectivity index (χ3v) is 3.52. The summed E-state index contributed by atoms with van der Waals surface area (Å²) in [5.74, 6) is 5.72. The molecular formula is C17H21ClN2O2. The van der Waals surface area contributed by atoms with E-state index in [9.17, 15) is 4.79 Å². The lowest BCUT2D eigenvalue weighted by molar-refractivity contribution is 0.108. The van der Waals surface area contributed by atoms with Crippen LogP contribution in [0.25, 0.3) is 0 Å². The second-order valence-corrected chi connectivity index (χ2v) is 4.96. The Morgan fingerprint density at radius 2 is 1.64 bits per heavy atom. The number of nitrogens with two attached hydrogens (primary N) is 1. The van der Waals surface area contributed by atoms with E-state index in [0.717, 1.165) is 17.0 Å². The summed E-state index contributed by atoms with van der Waals surface area (Å²) in [7, 11) is 1.32. The van der Waals surface area contributed by atoms with Crippen LogP contribution >= 0.6 is 12.4 Å². The molecule has 0 aliphatic carbocycles. The van der Waals surface area contributed by atoms with E-state index in [0.29, 0.717) is 0 Å². The number of carbonyl (C=O) groups is 1. The zero-order chi connectivity index (χ0) is 15.2. The Balaban J connectivity index is 0.00000242. The Bertz CT molecular complexity index is 587. The van der Waals surface area contributed by atoms with Crippen molar-refractivity contribution in [1.29, 1.82) is 0 Å². The molecule has 4 nitrogen and oxygen atoms in total. The quantitative estimate of drug-likeness (QED) is 0.531. The number of hydrogen-bond acceptors (Lipinski definition) is 3. The van der Waals surface area contributed by atoms with Gasteiger partial charge >= 0.3 is 6.09 Å². The van der Waals surface area contributed by atoms with Crippen molar-refractivity contribution >= 4 is 18.5 Å². The Morgan fingerprint density at radius 1 is 1.09 bits per heavy atom. The second kappa shape index (κ2) is 8.41. The van der Waals surface area contributed by atoms with Crippen LogP contribution in [0.3, 0.4) is 0 Å². The maximum atomic E-state index is 11.4. The maximum Gasteiger partial charge on any atom is 0.424 e. The molecule has 0 heterocycles. The lowest BCUT2D eigenvalue weighted by atomic mass is 10.0. The van der Waals surface area contributed by atoms with Gasteiger partial charge in [0.1, 0.15) is 0 Å². The van der Waals surface area contributed by atoms with E-state index in [4.69, 9.17) is 5.84 Å². The lowest BCUT2D eigenvalue weighted by Crippen LogP contribution is -2.39. The van der Waals surface area contributed by atoms with Gasteiger partial charge < -0.3 is 4.74 Å². The van der Waals surface area contributed by atoms with E-state index in [1.807, 2.05) is 37.3 Å². The van der Waals surface area contributed by atoms with E-state index in [-0.39, 0.29) is 18.4 Å². The fourth-order valence-corrected chi connectivity index (χ4v) is 2.17. The first-order valence-corrected chi connectivity index (χ1v) is 6.86. The number of carbonyl (C=O) groups excluding carboxylic acids is 1. The monoisotopic (exact) mass is 320 g/mol. The minimum Gasteiger partial charge on any atom is -0.452 e. The van der Waals surface area contributed by atoms with Gasteiger partial charge in [0.2, 0.25) is 0 Å². The van der Waals surface area contributed by atoms with Crippen LogP contribution in [0.4, 0.5) is 4.79 Å². The summed E-state index contributed by atoms with van der Waals surface area (Å²) in [6.45, 7) is 1.86. The first kappa shape index (κ1) is 18.0. The SMILES string of the molecule is COC(=O)N(N)C(C)c1ccc(Cc2ccccc2)cc1.Cl. The van der Waals surface area contributed by atoms with Gasteiger partial charge in [0.05, 0.1) is 13.2 Å². The summed E-state index contributed by atoms with van der Waals surface area (Å²) in [6, 6.07) is 18.2. The average Bonchev–Trinajstić information content (AvgIpc) is 2.54. The summed E-state index contributed by atoms with van der Waals surface area (Å²) >= 11 is 0.